The van der Waals surface area contributed by atoms with Crippen LogP contribution in [0.25, 0.3) is 0 Å². The van der Waals surface area contributed by atoms with E-state index in [1.54, 1.807) is 0 Å². The molecule has 0 bridgehead atoms. The number of amides is 1. The maximum atomic E-state index is 11.4. The van der Waals surface area contributed by atoms with Crippen LogP contribution in [0.4, 0.5) is 0 Å². The number of carboxylic acids is 1. The summed E-state index contributed by atoms with van der Waals surface area (Å²) in [5.74, 6) is -3.85. The highest BCUT2D eigenvalue weighted by atomic mass is 32.3. The maximum absolute atomic E-state index is 11.4. The molecule has 18 nitrogen and oxygen atoms in total. The molecule has 0 aromatic heterocycles. The number of carbonyl (C=O) groups excluding carboxylic acids is 1. The molecule has 220 valence electrons. The molecule has 38 heavy (non-hydrogen) atoms. The third-order valence-electron chi connectivity index (χ3n) is 5.55. The molecule has 1 saturated heterocycles. The minimum Gasteiger partial charge on any atom is -0.480 e. The molecule has 2 heterocycles. The number of nitrogens with one attached hydrogen (secondary N) is 1. The minimum absolute atomic E-state index is 0.0805. The maximum Gasteiger partial charge on any atom is 0.397 e. The van der Waals surface area contributed by atoms with Gasteiger partial charge in [0.15, 0.2) is 6.29 Å². The summed E-state index contributed by atoms with van der Waals surface area (Å²) in [4.78, 5) is 22.6. The van der Waals surface area contributed by atoms with Crippen molar-refractivity contribution < 1.29 is 78.5 Å². The number of rotatable bonds is 13. The molecular weight excluding hydrogens is 566 g/mol. The van der Waals surface area contributed by atoms with Gasteiger partial charge in [-0.05, 0) is 12.5 Å². The Kier molecular flexibility index (Phi) is 11.4. The van der Waals surface area contributed by atoms with Crippen molar-refractivity contribution >= 4 is 32.7 Å². The summed E-state index contributed by atoms with van der Waals surface area (Å²) in [6.45, 7) is -0.100. The molecule has 1 fully saturated rings. The quantitative estimate of drug-likeness (QED) is 0.0811. The van der Waals surface area contributed by atoms with Crippen molar-refractivity contribution in [3.63, 3.8) is 0 Å². The Labute approximate surface area is 217 Å². The zero-order chi connectivity index (χ0) is 28.8. The Morgan fingerprint density at radius 3 is 2.21 bits per heavy atom. The average molecular weight is 596 g/mol. The highest BCUT2D eigenvalue weighted by Crippen LogP contribution is 2.29. The van der Waals surface area contributed by atoms with Gasteiger partial charge in [-0.25, -0.2) is 13.2 Å². The Balaban J connectivity index is 2.02. The van der Waals surface area contributed by atoms with E-state index in [4.69, 9.17) is 28.4 Å². The lowest BCUT2D eigenvalue weighted by molar-refractivity contribution is -0.239. The van der Waals surface area contributed by atoms with E-state index in [0.29, 0.717) is 6.08 Å². The second-order valence-corrected chi connectivity index (χ2v) is 10.5. The van der Waals surface area contributed by atoms with Crippen LogP contribution in [0.15, 0.2) is 11.8 Å². The van der Waals surface area contributed by atoms with Crippen LogP contribution in [0.1, 0.15) is 19.8 Å². The van der Waals surface area contributed by atoms with E-state index < -0.39 is 93.8 Å². The molecule has 2 rings (SSSR count). The van der Waals surface area contributed by atoms with Gasteiger partial charge in [-0.3, -0.25) is 13.9 Å². The van der Waals surface area contributed by atoms with Crippen LogP contribution in [0, 0.1) is 5.92 Å². The fourth-order valence-electron chi connectivity index (χ4n) is 3.95. The topological polar surface area (TPSA) is 282 Å². The molecule has 8 atom stereocenters. The Bertz CT molecular complexity index is 1080. The van der Waals surface area contributed by atoms with Gasteiger partial charge in [-0.1, -0.05) is 0 Å². The van der Waals surface area contributed by atoms with Gasteiger partial charge in [0.05, 0.1) is 25.4 Å². The number of ether oxygens (including phenoxy) is 3. The third-order valence-corrected chi connectivity index (χ3v) is 6.45. The zero-order valence-corrected chi connectivity index (χ0v) is 21.4. The molecule has 0 spiro atoms. The number of carbonyl (C=O) groups is 2. The highest BCUT2D eigenvalue weighted by Gasteiger charge is 2.45. The second kappa shape index (κ2) is 13.4. The van der Waals surface area contributed by atoms with Crippen molar-refractivity contribution in [2.45, 2.75) is 62.6 Å². The van der Waals surface area contributed by atoms with Crippen molar-refractivity contribution in [1.82, 2.24) is 5.32 Å². The first kappa shape index (κ1) is 32.2. The lowest BCUT2D eigenvalue weighted by atomic mass is 9.85. The first-order valence-corrected chi connectivity index (χ1v) is 13.7. The molecule has 0 aliphatic carbocycles. The van der Waals surface area contributed by atoms with Crippen molar-refractivity contribution in [2.75, 3.05) is 19.8 Å². The van der Waals surface area contributed by atoms with Crippen LogP contribution >= 0.6 is 0 Å². The molecule has 0 aromatic rings. The first-order valence-electron chi connectivity index (χ1n) is 10.9. The molecular formula is C18H29NO17S2. The SMILES string of the molecule is CC(=O)N[C@@H]1[C@@H](O)[C@H](CCOCC[C@@H]2OC(C(=O)O)=C[C@H](O)[C@H]2OS(=O)(=O)O)[C@@H](COS(=O)(=O)O)O[C@@H]1O. The van der Waals surface area contributed by atoms with Crippen LogP contribution in [0.2, 0.25) is 0 Å². The van der Waals surface area contributed by atoms with E-state index in [2.05, 4.69) is 13.7 Å². The average Bonchev–Trinajstić information content (AvgIpc) is 2.76. The van der Waals surface area contributed by atoms with E-state index >= 15 is 0 Å². The standard InChI is InChI=1S/C18H29NO17S2/c1-8(20)19-14-15(22)9(13(35-18(14)25)7-33-37(26,27)28)2-4-32-5-3-11-16(36-38(29,30)31)10(21)6-12(34-11)17(23)24/h6,9-11,13-16,18,21-22,25H,2-5,7H2,1H3,(H,19,20)(H,23,24)(H,26,27,28)(H,29,30,31)/t9-,10+,11+,13-,14-,15+,16-,18+/m1/s1. The predicted octanol–water partition coefficient (Wildman–Crippen LogP) is -3.28. The van der Waals surface area contributed by atoms with Gasteiger partial charge in [0, 0.05) is 25.9 Å². The largest absolute Gasteiger partial charge is 0.480 e. The van der Waals surface area contributed by atoms with Gasteiger partial charge < -0.3 is 40.0 Å². The Morgan fingerprint density at radius 1 is 1.03 bits per heavy atom. The predicted molar refractivity (Wildman–Crippen MR) is 119 cm³/mol. The normalized spacial score (nSPS) is 32.2. The summed E-state index contributed by atoms with van der Waals surface area (Å²) in [5, 5.41) is 42.2. The second-order valence-electron chi connectivity index (χ2n) is 8.32. The van der Waals surface area contributed by atoms with E-state index in [-0.39, 0.29) is 26.1 Å². The molecule has 7 N–H and O–H groups in total. The fraction of sp³-hybridized carbons (Fsp3) is 0.778. The first-order chi connectivity index (χ1) is 17.5. The van der Waals surface area contributed by atoms with Gasteiger partial charge in [0.25, 0.3) is 0 Å². The van der Waals surface area contributed by atoms with Crippen molar-refractivity contribution in [2.24, 2.45) is 5.92 Å². The zero-order valence-electron chi connectivity index (χ0n) is 19.7. The van der Waals surface area contributed by atoms with Crippen LogP contribution in [-0.4, -0.2) is 121 Å². The van der Waals surface area contributed by atoms with Crippen molar-refractivity contribution in [1.29, 1.82) is 0 Å². The third kappa shape index (κ3) is 9.96. The smallest absolute Gasteiger partial charge is 0.397 e. The summed E-state index contributed by atoms with van der Waals surface area (Å²) in [6, 6.07) is -1.30. The van der Waals surface area contributed by atoms with Crippen LogP contribution in [-0.2, 0) is 53.0 Å². The van der Waals surface area contributed by atoms with Gasteiger partial charge >= 0.3 is 26.8 Å². The molecule has 0 unspecified atom stereocenters. The van der Waals surface area contributed by atoms with Crippen molar-refractivity contribution in [3.05, 3.63) is 11.8 Å². The molecule has 0 saturated carbocycles. The summed E-state index contributed by atoms with van der Waals surface area (Å²) < 4.78 is 86.3. The Morgan fingerprint density at radius 2 is 1.66 bits per heavy atom. The summed E-state index contributed by atoms with van der Waals surface area (Å²) in [5.41, 5.74) is 0. The number of hydrogen-bond donors (Lipinski definition) is 7. The van der Waals surface area contributed by atoms with Crippen LogP contribution < -0.4 is 5.32 Å². The number of hydrogen-bond acceptors (Lipinski definition) is 14. The lowest BCUT2D eigenvalue weighted by Crippen LogP contribution is -2.62. The van der Waals surface area contributed by atoms with E-state index in [0.717, 1.165) is 6.92 Å². The van der Waals surface area contributed by atoms with Gasteiger partial charge in [-0.2, -0.15) is 16.8 Å². The van der Waals surface area contributed by atoms with Gasteiger partial charge in [-0.15, -0.1) is 0 Å². The van der Waals surface area contributed by atoms with Gasteiger partial charge in [0.1, 0.15) is 24.4 Å². The lowest BCUT2D eigenvalue weighted by Gasteiger charge is -2.43. The van der Waals surface area contributed by atoms with Crippen molar-refractivity contribution in [3.8, 4) is 0 Å². The summed E-state index contributed by atoms with van der Waals surface area (Å²) in [6.07, 6.45) is -8.98. The number of aliphatic hydroxyl groups excluding tert-OH is 3. The summed E-state index contributed by atoms with van der Waals surface area (Å²) >= 11 is 0. The number of aliphatic hydroxyl groups is 3. The summed E-state index contributed by atoms with van der Waals surface area (Å²) in [7, 11) is -9.93. The van der Waals surface area contributed by atoms with E-state index in [1.807, 2.05) is 0 Å². The molecule has 0 radical (unpaired) electrons. The van der Waals surface area contributed by atoms with Crippen LogP contribution in [0.5, 0.6) is 0 Å². The highest BCUT2D eigenvalue weighted by molar-refractivity contribution is 7.81. The Hall–Kier alpha value is -1.98. The number of carboxylic acid groups (broad SMARTS) is 1. The number of aliphatic carboxylic acids is 1. The fourth-order valence-corrected chi connectivity index (χ4v) is 4.77. The molecule has 1 amide bonds. The van der Waals surface area contributed by atoms with E-state index in [9.17, 15) is 41.7 Å². The van der Waals surface area contributed by atoms with E-state index in [1.165, 1.54) is 0 Å². The molecule has 0 aromatic carbocycles. The molecule has 2 aliphatic rings. The van der Waals surface area contributed by atoms with Crippen LogP contribution in [0.3, 0.4) is 0 Å². The monoisotopic (exact) mass is 595 g/mol. The molecule has 2 aliphatic heterocycles. The molecule has 20 heteroatoms. The minimum atomic E-state index is -5.05. The van der Waals surface area contributed by atoms with Gasteiger partial charge in [0.2, 0.25) is 11.7 Å².